The van der Waals surface area contributed by atoms with Crippen LogP contribution in [0.5, 0.6) is 0 Å². The summed E-state index contributed by atoms with van der Waals surface area (Å²) in [5, 5.41) is 14.0. The Hall–Kier alpha value is -1.51. The quantitative estimate of drug-likeness (QED) is 0.646. The van der Waals surface area contributed by atoms with Gasteiger partial charge in [0.15, 0.2) is 4.90 Å². The summed E-state index contributed by atoms with van der Waals surface area (Å²) < 4.78 is 26.6. The lowest BCUT2D eigenvalue weighted by Crippen LogP contribution is -2.40. The summed E-state index contributed by atoms with van der Waals surface area (Å²) in [5.41, 5.74) is -0.373. The zero-order chi connectivity index (χ0) is 14.8. The first kappa shape index (κ1) is 14.9. The standard InChI is InChI=1S/C12H17N3O4S/c1-13-9-10-5-4-8-14(10)20(18,19)12-7-3-2-6-11(12)15(16)17/h2-3,6-7,10,13H,4-5,8-9H2,1H3. The van der Waals surface area contributed by atoms with E-state index in [0.29, 0.717) is 13.1 Å². The summed E-state index contributed by atoms with van der Waals surface area (Å²) in [4.78, 5) is 10.1. The minimum atomic E-state index is -3.83. The largest absolute Gasteiger partial charge is 0.318 e. The molecule has 7 nitrogen and oxygen atoms in total. The molecule has 110 valence electrons. The molecule has 0 aromatic heterocycles. The van der Waals surface area contributed by atoms with Gasteiger partial charge in [-0.05, 0) is 26.0 Å². The minimum Gasteiger partial charge on any atom is -0.318 e. The number of benzene rings is 1. The van der Waals surface area contributed by atoms with Gasteiger partial charge in [0.1, 0.15) is 0 Å². The van der Waals surface area contributed by atoms with Crippen LogP contribution in [0.3, 0.4) is 0 Å². The fourth-order valence-corrected chi connectivity index (χ4v) is 4.37. The predicted octanol–water partition coefficient (Wildman–Crippen LogP) is 0.967. The maximum atomic E-state index is 12.6. The second-order valence-electron chi connectivity index (χ2n) is 4.69. The molecule has 0 aliphatic carbocycles. The molecule has 0 amide bonds. The van der Waals surface area contributed by atoms with E-state index in [1.807, 2.05) is 0 Å². The summed E-state index contributed by atoms with van der Waals surface area (Å²) in [5.74, 6) is 0. The van der Waals surface area contributed by atoms with Gasteiger partial charge in [0.05, 0.1) is 4.92 Å². The molecule has 1 heterocycles. The van der Waals surface area contributed by atoms with E-state index in [1.54, 1.807) is 7.05 Å². The summed E-state index contributed by atoms with van der Waals surface area (Å²) >= 11 is 0. The van der Waals surface area contributed by atoms with Crippen LogP contribution in [0.25, 0.3) is 0 Å². The summed E-state index contributed by atoms with van der Waals surface area (Å²) in [6.07, 6.45) is 1.53. The second-order valence-corrected chi connectivity index (χ2v) is 6.55. The zero-order valence-electron chi connectivity index (χ0n) is 11.2. The third kappa shape index (κ3) is 2.67. The van der Waals surface area contributed by atoms with Gasteiger partial charge in [0.2, 0.25) is 10.0 Å². The molecule has 20 heavy (non-hydrogen) atoms. The van der Waals surface area contributed by atoms with Gasteiger partial charge in [-0.1, -0.05) is 12.1 Å². The van der Waals surface area contributed by atoms with Crippen LogP contribution in [0, 0.1) is 10.1 Å². The highest BCUT2D eigenvalue weighted by molar-refractivity contribution is 7.89. The van der Waals surface area contributed by atoms with Gasteiger partial charge in [-0.15, -0.1) is 0 Å². The molecule has 0 saturated carbocycles. The Kier molecular flexibility index (Phi) is 4.36. The maximum absolute atomic E-state index is 12.6. The van der Waals surface area contributed by atoms with E-state index in [9.17, 15) is 18.5 Å². The third-order valence-corrected chi connectivity index (χ3v) is 5.41. The van der Waals surface area contributed by atoms with Gasteiger partial charge in [-0.25, -0.2) is 8.42 Å². The summed E-state index contributed by atoms with van der Waals surface area (Å²) in [6.45, 7) is 0.945. The van der Waals surface area contributed by atoms with Crippen molar-refractivity contribution < 1.29 is 13.3 Å². The van der Waals surface area contributed by atoms with E-state index in [1.165, 1.54) is 28.6 Å². The summed E-state index contributed by atoms with van der Waals surface area (Å²) in [6, 6.07) is 5.33. The lowest BCUT2D eigenvalue weighted by molar-refractivity contribution is -0.387. The van der Waals surface area contributed by atoms with Crippen molar-refractivity contribution in [2.24, 2.45) is 0 Å². The number of nitro benzene ring substituents is 1. The smallest absolute Gasteiger partial charge is 0.289 e. The zero-order valence-corrected chi connectivity index (χ0v) is 12.0. The Morgan fingerprint density at radius 1 is 1.45 bits per heavy atom. The van der Waals surface area contributed by atoms with Crippen molar-refractivity contribution in [2.45, 2.75) is 23.8 Å². The highest BCUT2D eigenvalue weighted by Crippen LogP contribution is 2.30. The van der Waals surface area contributed by atoms with E-state index in [4.69, 9.17) is 0 Å². The fraction of sp³-hybridized carbons (Fsp3) is 0.500. The number of likely N-dealkylation sites (N-methyl/N-ethyl adjacent to an activating group) is 1. The molecule has 1 aliphatic rings. The van der Waals surface area contributed by atoms with E-state index in [0.717, 1.165) is 12.8 Å². The molecule has 2 rings (SSSR count). The third-order valence-electron chi connectivity index (χ3n) is 3.41. The first-order valence-electron chi connectivity index (χ1n) is 6.38. The first-order valence-corrected chi connectivity index (χ1v) is 7.82. The molecule has 8 heteroatoms. The molecule has 1 saturated heterocycles. The monoisotopic (exact) mass is 299 g/mol. The Morgan fingerprint density at radius 2 is 2.15 bits per heavy atom. The Labute approximate surface area is 117 Å². The van der Waals surface area contributed by atoms with Crippen LogP contribution in [-0.4, -0.2) is 43.8 Å². The Bertz CT molecular complexity index is 602. The molecular weight excluding hydrogens is 282 g/mol. The molecule has 1 N–H and O–H groups in total. The number of sulfonamides is 1. The number of hydrogen-bond acceptors (Lipinski definition) is 5. The number of rotatable bonds is 5. The van der Waals surface area contributed by atoms with Crippen molar-refractivity contribution in [1.82, 2.24) is 9.62 Å². The number of para-hydroxylation sites is 1. The Balaban J connectivity index is 2.43. The van der Waals surface area contributed by atoms with Gasteiger partial charge in [0.25, 0.3) is 5.69 Å². The average Bonchev–Trinajstić information content (AvgIpc) is 2.88. The number of nitro groups is 1. The van der Waals surface area contributed by atoms with E-state index < -0.39 is 14.9 Å². The van der Waals surface area contributed by atoms with Crippen molar-refractivity contribution in [1.29, 1.82) is 0 Å². The van der Waals surface area contributed by atoms with Gasteiger partial charge in [-0.3, -0.25) is 10.1 Å². The highest BCUT2D eigenvalue weighted by atomic mass is 32.2. The van der Waals surface area contributed by atoms with Crippen molar-refractivity contribution in [3.8, 4) is 0 Å². The van der Waals surface area contributed by atoms with E-state index in [-0.39, 0.29) is 16.6 Å². The van der Waals surface area contributed by atoms with Crippen LogP contribution in [0.2, 0.25) is 0 Å². The second kappa shape index (κ2) is 5.86. The molecule has 1 fully saturated rings. The first-order chi connectivity index (χ1) is 9.48. The van der Waals surface area contributed by atoms with Crippen LogP contribution in [0.4, 0.5) is 5.69 Å². The van der Waals surface area contributed by atoms with E-state index in [2.05, 4.69) is 5.32 Å². The molecule has 1 atom stereocenters. The van der Waals surface area contributed by atoms with Crippen molar-refractivity contribution in [3.63, 3.8) is 0 Å². The molecule has 1 aromatic rings. The van der Waals surface area contributed by atoms with Gasteiger partial charge in [-0.2, -0.15) is 4.31 Å². The molecule has 0 bridgehead atoms. The molecule has 0 radical (unpaired) electrons. The molecule has 1 aromatic carbocycles. The van der Waals surface area contributed by atoms with Gasteiger partial charge in [0, 0.05) is 25.2 Å². The van der Waals surface area contributed by atoms with Gasteiger partial charge >= 0.3 is 0 Å². The SMILES string of the molecule is CNCC1CCCN1S(=O)(=O)c1ccccc1[N+](=O)[O-]. The highest BCUT2D eigenvalue weighted by Gasteiger charge is 2.38. The predicted molar refractivity (Wildman–Crippen MR) is 73.9 cm³/mol. The van der Waals surface area contributed by atoms with Crippen LogP contribution >= 0.6 is 0 Å². The van der Waals surface area contributed by atoms with Crippen LogP contribution < -0.4 is 5.32 Å². The lowest BCUT2D eigenvalue weighted by Gasteiger charge is -2.23. The normalized spacial score (nSPS) is 20.1. The molecular formula is C12H17N3O4S. The summed E-state index contributed by atoms with van der Waals surface area (Å²) in [7, 11) is -2.08. The van der Waals surface area contributed by atoms with Crippen LogP contribution in [0.15, 0.2) is 29.2 Å². The van der Waals surface area contributed by atoms with Crippen LogP contribution in [0.1, 0.15) is 12.8 Å². The lowest BCUT2D eigenvalue weighted by atomic mass is 10.2. The number of hydrogen-bond donors (Lipinski definition) is 1. The Morgan fingerprint density at radius 3 is 2.80 bits per heavy atom. The van der Waals surface area contributed by atoms with Crippen molar-refractivity contribution >= 4 is 15.7 Å². The number of nitrogens with zero attached hydrogens (tertiary/aromatic N) is 2. The molecule has 1 aliphatic heterocycles. The fourth-order valence-electron chi connectivity index (χ4n) is 2.52. The number of nitrogens with one attached hydrogen (secondary N) is 1. The average molecular weight is 299 g/mol. The van der Waals surface area contributed by atoms with Crippen molar-refractivity contribution in [3.05, 3.63) is 34.4 Å². The van der Waals surface area contributed by atoms with Crippen molar-refractivity contribution in [2.75, 3.05) is 20.1 Å². The molecule has 0 spiro atoms. The maximum Gasteiger partial charge on any atom is 0.289 e. The molecule has 1 unspecified atom stereocenters. The van der Waals surface area contributed by atoms with Crippen LogP contribution in [-0.2, 0) is 10.0 Å². The van der Waals surface area contributed by atoms with E-state index >= 15 is 0 Å². The van der Waals surface area contributed by atoms with Gasteiger partial charge < -0.3 is 5.32 Å². The minimum absolute atomic E-state index is 0.148. The topological polar surface area (TPSA) is 92.6 Å².